The van der Waals surface area contributed by atoms with Crippen LogP contribution in [0.1, 0.15) is 5.69 Å². The van der Waals surface area contributed by atoms with Crippen LogP contribution in [0.2, 0.25) is 0 Å². The lowest BCUT2D eigenvalue weighted by Gasteiger charge is -2.15. The van der Waals surface area contributed by atoms with Gasteiger partial charge in [-0.15, -0.1) is 0 Å². The molecule has 1 aromatic rings. The van der Waals surface area contributed by atoms with Crippen LogP contribution >= 0.6 is 0 Å². The zero-order valence-electron chi connectivity index (χ0n) is 11.2. The molecule has 0 saturated carbocycles. The molecule has 0 bridgehead atoms. The van der Waals surface area contributed by atoms with Crippen LogP contribution < -0.4 is 5.59 Å². The molecule has 0 spiro atoms. The summed E-state index contributed by atoms with van der Waals surface area (Å²) in [4.78, 5) is 31.6. The fraction of sp³-hybridized carbons (Fsp3) is 0.455. The third kappa shape index (κ3) is 5.15. The third-order valence-electron chi connectivity index (χ3n) is 2.25. The molecule has 0 aliphatic rings. The molecule has 19 heavy (non-hydrogen) atoms. The van der Waals surface area contributed by atoms with Crippen molar-refractivity contribution in [3.63, 3.8) is 0 Å². The quantitative estimate of drug-likeness (QED) is 0.452. The average molecular weight is 265 g/mol. The van der Waals surface area contributed by atoms with Gasteiger partial charge < -0.3 is 14.1 Å². The molecular weight excluding hydrogens is 249 g/mol. The van der Waals surface area contributed by atoms with Gasteiger partial charge in [0, 0.05) is 19.5 Å². The molecule has 0 atom stereocenters. The molecule has 0 aliphatic heterocycles. The number of aldehydes is 1. The monoisotopic (exact) mass is 265 g/mol. The maximum absolute atomic E-state index is 11.6. The molecular formula is C11H16BN3O4. The van der Waals surface area contributed by atoms with Crippen molar-refractivity contribution in [3.8, 4) is 0 Å². The fourth-order valence-electron chi connectivity index (χ4n) is 1.39. The van der Waals surface area contributed by atoms with Crippen LogP contribution in [0.5, 0.6) is 0 Å². The van der Waals surface area contributed by atoms with Crippen LogP contribution in [-0.4, -0.2) is 61.5 Å². The van der Waals surface area contributed by atoms with E-state index in [-0.39, 0.29) is 13.1 Å². The number of hydrogen-bond donors (Lipinski definition) is 0. The molecule has 0 amide bonds. The number of hydrogen-bond acceptors (Lipinski definition) is 7. The van der Waals surface area contributed by atoms with Gasteiger partial charge in [-0.1, -0.05) is 0 Å². The summed E-state index contributed by atoms with van der Waals surface area (Å²) in [6.07, 6.45) is 3.78. The fourth-order valence-corrected chi connectivity index (χ4v) is 1.39. The van der Waals surface area contributed by atoms with Crippen molar-refractivity contribution in [1.82, 2.24) is 14.9 Å². The van der Waals surface area contributed by atoms with E-state index < -0.39 is 13.1 Å². The van der Waals surface area contributed by atoms with Crippen molar-refractivity contribution in [2.75, 3.05) is 27.2 Å². The van der Waals surface area contributed by atoms with Gasteiger partial charge in [-0.25, -0.2) is 0 Å². The first-order chi connectivity index (χ1) is 9.06. The average Bonchev–Trinajstić information content (AvgIpc) is 2.36. The minimum Gasteiger partial charge on any atom is -0.504 e. The zero-order valence-corrected chi connectivity index (χ0v) is 11.2. The minimum atomic E-state index is -0.899. The smallest absolute Gasteiger partial charge is 0.504 e. The standard InChI is InChI=1S/C11H16BN3O4/c1-9-6-13-7-10(14-9)12(18-3)19-11(17)8-15(2)4-5-16/h5-7H,4,8H2,1-3H3. The van der Waals surface area contributed by atoms with Gasteiger partial charge in [-0.05, 0) is 14.0 Å². The van der Waals surface area contributed by atoms with Crippen molar-refractivity contribution >= 4 is 25.0 Å². The summed E-state index contributed by atoms with van der Waals surface area (Å²) in [7, 11) is 2.16. The Bertz CT molecular complexity index is 444. The number of nitrogens with zero attached hydrogens (tertiary/aromatic N) is 3. The van der Waals surface area contributed by atoms with E-state index in [1.165, 1.54) is 18.2 Å². The number of carbonyl (C=O) groups excluding carboxylic acids is 2. The van der Waals surface area contributed by atoms with E-state index in [9.17, 15) is 9.59 Å². The molecule has 0 aliphatic carbocycles. The first kappa shape index (κ1) is 15.3. The van der Waals surface area contributed by atoms with Crippen molar-refractivity contribution in [3.05, 3.63) is 18.1 Å². The van der Waals surface area contributed by atoms with Gasteiger partial charge in [0.25, 0.3) is 0 Å². The predicted molar refractivity (Wildman–Crippen MR) is 68.8 cm³/mol. The molecule has 0 radical (unpaired) electrons. The lowest BCUT2D eigenvalue weighted by molar-refractivity contribution is -0.136. The molecule has 0 saturated heterocycles. The SMILES string of the molecule is COB(OC(=O)CN(C)CC=O)c1cncc(C)n1. The highest BCUT2D eigenvalue weighted by molar-refractivity contribution is 6.61. The Hall–Kier alpha value is -1.80. The van der Waals surface area contributed by atoms with Crippen molar-refractivity contribution in [2.24, 2.45) is 0 Å². The van der Waals surface area contributed by atoms with Gasteiger partial charge in [-0.2, -0.15) is 0 Å². The summed E-state index contributed by atoms with van der Waals surface area (Å²) in [5.41, 5.74) is 1.13. The first-order valence-electron chi connectivity index (χ1n) is 5.69. The largest absolute Gasteiger partial charge is 0.585 e. The zero-order chi connectivity index (χ0) is 14.3. The molecule has 1 aromatic heterocycles. The van der Waals surface area contributed by atoms with Crippen LogP contribution in [0.25, 0.3) is 0 Å². The summed E-state index contributed by atoms with van der Waals surface area (Å²) in [5.74, 6) is -0.500. The number of aryl methyl sites for hydroxylation is 1. The van der Waals surface area contributed by atoms with Crippen LogP contribution in [0.3, 0.4) is 0 Å². The van der Waals surface area contributed by atoms with Gasteiger partial charge >= 0.3 is 13.1 Å². The normalized spacial score (nSPS) is 10.3. The second-order valence-corrected chi connectivity index (χ2v) is 4.01. The molecule has 0 aromatic carbocycles. The second kappa shape index (κ2) is 7.60. The Morgan fingerprint density at radius 2 is 2.26 bits per heavy atom. The molecule has 1 heterocycles. The maximum Gasteiger partial charge on any atom is 0.585 e. The first-order valence-corrected chi connectivity index (χ1v) is 5.69. The van der Waals surface area contributed by atoms with Crippen LogP contribution in [0.15, 0.2) is 12.4 Å². The molecule has 1 rings (SSSR count). The highest BCUT2D eigenvalue weighted by Crippen LogP contribution is 1.93. The van der Waals surface area contributed by atoms with Crippen molar-refractivity contribution < 1.29 is 18.9 Å². The maximum atomic E-state index is 11.6. The summed E-state index contributed by atoms with van der Waals surface area (Å²) in [6.45, 7) is 1.94. The van der Waals surface area contributed by atoms with Crippen LogP contribution in [-0.2, 0) is 18.9 Å². The lowest BCUT2D eigenvalue weighted by atomic mass is 9.85. The second-order valence-electron chi connectivity index (χ2n) is 4.01. The van der Waals surface area contributed by atoms with E-state index in [2.05, 4.69) is 9.97 Å². The third-order valence-corrected chi connectivity index (χ3v) is 2.25. The number of carbonyl (C=O) groups is 2. The van der Waals surface area contributed by atoms with E-state index in [0.717, 1.165) is 0 Å². The molecule has 0 N–H and O–H groups in total. The Balaban J connectivity index is 2.62. The van der Waals surface area contributed by atoms with Crippen LogP contribution in [0, 0.1) is 6.92 Å². The predicted octanol–water partition coefficient (Wildman–Crippen LogP) is -1.20. The topological polar surface area (TPSA) is 81.6 Å². The number of likely N-dealkylation sites (N-methyl/N-ethyl adjacent to an activating group) is 1. The lowest BCUT2D eigenvalue weighted by Crippen LogP contribution is -2.42. The summed E-state index contributed by atoms with van der Waals surface area (Å²) in [6, 6.07) is 0. The van der Waals surface area contributed by atoms with Gasteiger partial charge in [0.15, 0.2) is 0 Å². The Morgan fingerprint density at radius 3 is 2.84 bits per heavy atom. The summed E-state index contributed by atoms with van der Waals surface area (Å²) in [5, 5.41) is 0. The van der Waals surface area contributed by atoms with Gasteiger partial charge in [0.05, 0.1) is 18.8 Å². The molecule has 0 unspecified atom stereocenters. The van der Waals surface area contributed by atoms with Crippen molar-refractivity contribution in [1.29, 1.82) is 0 Å². The molecule has 7 nitrogen and oxygen atoms in total. The molecule has 0 fully saturated rings. The number of rotatable bonds is 7. The summed E-state index contributed by atoms with van der Waals surface area (Å²) >= 11 is 0. The Kier molecular flexibility index (Phi) is 6.10. The van der Waals surface area contributed by atoms with E-state index >= 15 is 0 Å². The Morgan fingerprint density at radius 1 is 1.53 bits per heavy atom. The molecule has 8 heteroatoms. The van der Waals surface area contributed by atoms with Crippen molar-refractivity contribution in [2.45, 2.75) is 6.92 Å². The molecule has 102 valence electrons. The van der Waals surface area contributed by atoms with E-state index in [0.29, 0.717) is 17.6 Å². The van der Waals surface area contributed by atoms with E-state index in [4.69, 9.17) is 9.31 Å². The van der Waals surface area contributed by atoms with Crippen LogP contribution in [0.4, 0.5) is 0 Å². The highest BCUT2D eigenvalue weighted by atomic mass is 16.6. The number of aromatic nitrogens is 2. The van der Waals surface area contributed by atoms with E-state index in [1.54, 1.807) is 20.2 Å². The highest BCUT2D eigenvalue weighted by Gasteiger charge is 2.27. The van der Waals surface area contributed by atoms with E-state index in [1.807, 2.05) is 0 Å². The van der Waals surface area contributed by atoms with Gasteiger partial charge in [0.2, 0.25) is 0 Å². The van der Waals surface area contributed by atoms with Gasteiger partial charge in [-0.3, -0.25) is 19.7 Å². The summed E-state index contributed by atoms with van der Waals surface area (Å²) < 4.78 is 10.2. The van der Waals surface area contributed by atoms with Gasteiger partial charge in [0.1, 0.15) is 11.9 Å². The minimum absolute atomic E-state index is 0.00214. The Labute approximate surface area is 112 Å².